The van der Waals surface area contributed by atoms with Crippen molar-refractivity contribution in [1.82, 2.24) is 0 Å². The quantitative estimate of drug-likeness (QED) is 0.598. The zero-order valence-corrected chi connectivity index (χ0v) is 12.8. The second kappa shape index (κ2) is 6.67. The van der Waals surface area contributed by atoms with Crippen LogP contribution < -0.4 is 10.5 Å². The number of hydrogen-bond acceptors (Lipinski definition) is 5. The molecule has 0 saturated heterocycles. The maximum atomic E-state index is 11.9. The summed E-state index contributed by atoms with van der Waals surface area (Å²) in [4.78, 5) is 11.1. The van der Waals surface area contributed by atoms with E-state index in [4.69, 9.17) is 18.0 Å². The van der Waals surface area contributed by atoms with Crippen molar-refractivity contribution in [3.05, 3.63) is 29.3 Å². The van der Waals surface area contributed by atoms with Crippen LogP contribution in [0.15, 0.2) is 18.2 Å². The van der Waals surface area contributed by atoms with E-state index in [0.717, 1.165) is 5.56 Å². The first-order chi connectivity index (χ1) is 9.26. The first kappa shape index (κ1) is 16.4. The van der Waals surface area contributed by atoms with Crippen LogP contribution in [0, 0.1) is 6.92 Å². The van der Waals surface area contributed by atoms with E-state index < -0.39 is 16.0 Å². The molecule has 0 aliphatic heterocycles. The van der Waals surface area contributed by atoms with Crippen LogP contribution in [0.5, 0.6) is 0 Å². The molecule has 0 atom stereocenters. The highest BCUT2D eigenvalue weighted by molar-refractivity contribution is 7.92. The summed E-state index contributed by atoms with van der Waals surface area (Å²) in [7, 11) is -2.48. The molecule has 110 valence electrons. The summed E-state index contributed by atoms with van der Waals surface area (Å²) in [6, 6.07) is 5.03. The molecule has 0 heterocycles. The third-order valence-corrected chi connectivity index (χ3v) is 4.06. The Bertz CT molecular complexity index is 626. The van der Waals surface area contributed by atoms with Crippen LogP contribution in [0.25, 0.3) is 0 Å². The minimum absolute atomic E-state index is 0.105. The Hall–Kier alpha value is -1.67. The van der Waals surface area contributed by atoms with Gasteiger partial charge in [0.2, 0.25) is 10.0 Å². The molecule has 0 radical (unpaired) electrons. The molecule has 0 unspecified atom stereocenters. The van der Waals surface area contributed by atoms with Gasteiger partial charge in [0.1, 0.15) is 4.99 Å². The number of carbonyl (C=O) groups is 1. The summed E-state index contributed by atoms with van der Waals surface area (Å²) in [5, 5.41) is 0. The lowest BCUT2D eigenvalue weighted by Gasteiger charge is -2.13. The number of ether oxygens (including phenoxy) is 1. The van der Waals surface area contributed by atoms with Crippen LogP contribution in [0.4, 0.5) is 5.69 Å². The van der Waals surface area contributed by atoms with Crippen molar-refractivity contribution < 1.29 is 17.9 Å². The third kappa shape index (κ3) is 4.46. The standard InChI is InChI=1S/C12H16N2O4S2/c1-8-4-3-5-9(11(8)12(13)19)14-20(16,17)7-6-10(15)18-2/h3-5,14H,6-7H2,1-2H3,(H2,13,19). The second-order valence-corrected chi connectivity index (χ2v) is 6.39. The number of benzene rings is 1. The SMILES string of the molecule is COC(=O)CCS(=O)(=O)Nc1cccc(C)c1C(N)=S. The highest BCUT2D eigenvalue weighted by Gasteiger charge is 2.17. The Morgan fingerprint density at radius 2 is 2.10 bits per heavy atom. The van der Waals surface area contributed by atoms with Crippen molar-refractivity contribution >= 4 is 38.9 Å². The van der Waals surface area contributed by atoms with Gasteiger partial charge in [0.25, 0.3) is 0 Å². The first-order valence-electron chi connectivity index (χ1n) is 5.73. The number of aryl methyl sites for hydroxylation is 1. The van der Waals surface area contributed by atoms with E-state index in [1.165, 1.54) is 7.11 Å². The molecule has 0 aliphatic rings. The number of methoxy groups -OCH3 is 1. The molecule has 1 aromatic rings. The summed E-state index contributed by atoms with van der Waals surface area (Å²) in [6.07, 6.45) is -0.222. The average molecular weight is 316 g/mol. The molecule has 8 heteroatoms. The lowest BCUT2D eigenvalue weighted by molar-refractivity contribution is -0.140. The van der Waals surface area contributed by atoms with Gasteiger partial charge in [0.15, 0.2) is 0 Å². The molecule has 1 rings (SSSR count). The zero-order chi connectivity index (χ0) is 15.3. The second-order valence-electron chi connectivity index (χ2n) is 4.11. The number of sulfonamides is 1. The van der Waals surface area contributed by atoms with Gasteiger partial charge in [-0.1, -0.05) is 24.4 Å². The fraction of sp³-hybridized carbons (Fsp3) is 0.333. The number of rotatable bonds is 6. The van der Waals surface area contributed by atoms with Gasteiger partial charge in [-0.3, -0.25) is 9.52 Å². The molecular formula is C12H16N2O4S2. The van der Waals surface area contributed by atoms with Crippen LogP contribution in [-0.2, 0) is 19.6 Å². The monoisotopic (exact) mass is 316 g/mol. The van der Waals surface area contributed by atoms with E-state index >= 15 is 0 Å². The predicted molar refractivity (Wildman–Crippen MR) is 81.1 cm³/mol. The van der Waals surface area contributed by atoms with Crippen LogP contribution >= 0.6 is 12.2 Å². The molecule has 0 amide bonds. The van der Waals surface area contributed by atoms with E-state index in [9.17, 15) is 13.2 Å². The van der Waals surface area contributed by atoms with Gasteiger partial charge in [-0.2, -0.15) is 0 Å². The lowest BCUT2D eigenvalue weighted by atomic mass is 10.1. The maximum Gasteiger partial charge on any atom is 0.306 e. The van der Waals surface area contributed by atoms with Gasteiger partial charge >= 0.3 is 5.97 Å². The predicted octanol–water partition coefficient (Wildman–Crippen LogP) is 0.934. The summed E-state index contributed by atoms with van der Waals surface area (Å²) >= 11 is 4.92. The molecule has 0 aromatic heterocycles. The number of carbonyl (C=O) groups excluding carboxylic acids is 1. The third-order valence-electron chi connectivity index (χ3n) is 2.59. The molecule has 0 spiro atoms. The molecule has 1 aromatic carbocycles. The van der Waals surface area contributed by atoms with Gasteiger partial charge in [-0.15, -0.1) is 0 Å². The van der Waals surface area contributed by atoms with Gasteiger partial charge in [-0.05, 0) is 18.6 Å². The minimum Gasteiger partial charge on any atom is -0.469 e. The lowest BCUT2D eigenvalue weighted by Crippen LogP contribution is -2.22. The Morgan fingerprint density at radius 3 is 2.65 bits per heavy atom. The molecule has 6 nitrogen and oxygen atoms in total. The van der Waals surface area contributed by atoms with Crippen LogP contribution in [-0.4, -0.2) is 32.2 Å². The number of nitrogens with two attached hydrogens (primary N) is 1. The van der Waals surface area contributed by atoms with Crippen molar-refractivity contribution in [2.24, 2.45) is 5.73 Å². The van der Waals surface area contributed by atoms with Crippen molar-refractivity contribution in [3.8, 4) is 0 Å². The summed E-state index contributed by atoms with van der Waals surface area (Å²) in [6.45, 7) is 1.78. The van der Waals surface area contributed by atoms with E-state index in [0.29, 0.717) is 11.3 Å². The fourth-order valence-corrected chi connectivity index (χ4v) is 2.93. The van der Waals surface area contributed by atoms with E-state index in [-0.39, 0.29) is 17.2 Å². The van der Waals surface area contributed by atoms with Crippen molar-refractivity contribution in [1.29, 1.82) is 0 Å². The summed E-state index contributed by atoms with van der Waals surface area (Å²) in [5.74, 6) is -0.959. The van der Waals surface area contributed by atoms with Crippen LogP contribution in [0.1, 0.15) is 17.5 Å². The number of esters is 1. The van der Waals surface area contributed by atoms with Crippen LogP contribution in [0.3, 0.4) is 0 Å². The van der Waals surface area contributed by atoms with Gasteiger partial charge in [0, 0.05) is 5.56 Å². The summed E-state index contributed by atoms with van der Waals surface area (Å²) in [5.41, 5.74) is 7.15. The number of anilines is 1. The topological polar surface area (TPSA) is 98.5 Å². The minimum atomic E-state index is -3.68. The maximum absolute atomic E-state index is 11.9. The highest BCUT2D eigenvalue weighted by atomic mass is 32.2. The molecule has 0 aliphatic carbocycles. The molecule has 0 saturated carbocycles. The molecule has 0 bridgehead atoms. The number of hydrogen-bond donors (Lipinski definition) is 2. The zero-order valence-electron chi connectivity index (χ0n) is 11.2. The van der Waals surface area contributed by atoms with E-state index in [2.05, 4.69) is 9.46 Å². The molecule has 20 heavy (non-hydrogen) atoms. The highest BCUT2D eigenvalue weighted by Crippen LogP contribution is 2.20. The Kier molecular flexibility index (Phi) is 5.46. The van der Waals surface area contributed by atoms with Gasteiger partial charge in [0.05, 0.1) is 25.0 Å². The normalized spacial score (nSPS) is 10.9. The van der Waals surface area contributed by atoms with Crippen molar-refractivity contribution in [2.75, 3.05) is 17.6 Å². The van der Waals surface area contributed by atoms with Crippen molar-refractivity contribution in [2.45, 2.75) is 13.3 Å². The molecule has 3 N–H and O–H groups in total. The molecular weight excluding hydrogens is 300 g/mol. The van der Waals surface area contributed by atoms with E-state index in [1.54, 1.807) is 25.1 Å². The fourth-order valence-electron chi connectivity index (χ4n) is 1.62. The Labute approximate surface area is 123 Å². The molecule has 0 fully saturated rings. The smallest absolute Gasteiger partial charge is 0.306 e. The summed E-state index contributed by atoms with van der Waals surface area (Å²) < 4.78 is 30.6. The van der Waals surface area contributed by atoms with Gasteiger partial charge < -0.3 is 10.5 Å². The largest absolute Gasteiger partial charge is 0.469 e. The Balaban J connectivity index is 2.96. The number of nitrogens with one attached hydrogen (secondary N) is 1. The Morgan fingerprint density at radius 1 is 1.45 bits per heavy atom. The van der Waals surface area contributed by atoms with E-state index in [1.807, 2.05) is 0 Å². The van der Waals surface area contributed by atoms with Gasteiger partial charge in [-0.25, -0.2) is 8.42 Å². The van der Waals surface area contributed by atoms with Crippen LogP contribution in [0.2, 0.25) is 0 Å². The first-order valence-corrected chi connectivity index (χ1v) is 7.79. The van der Waals surface area contributed by atoms with Crippen molar-refractivity contribution in [3.63, 3.8) is 0 Å². The average Bonchev–Trinajstić information content (AvgIpc) is 2.35. The number of thiocarbonyl (C=S) groups is 1.